The van der Waals surface area contributed by atoms with Gasteiger partial charge in [-0.15, -0.1) is 0 Å². The molecule has 0 aromatic heterocycles. The van der Waals surface area contributed by atoms with E-state index in [-0.39, 0.29) is 16.9 Å². The highest BCUT2D eigenvalue weighted by atomic mass is 16.1. The van der Waals surface area contributed by atoms with E-state index in [9.17, 15) is 4.79 Å². The lowest BCUT2D eigenvalue weighted by Gasteiger charge is -2.74. The Hall–Kier alpha value is -0.530. The largest absolute Gasteiger partial charge is 0.351 e. The van der Waals surface area contributed by atoms with Gasteiger partial charge in [0.2, 0.25) is 5.91 Å². The highest BCUT2D eigenvalue weighted by molar-refractivity contribution is 5.78. The molecule has 0 spiro atoms. The summed E-state index contributed by atoms with van der Waals surface area (Å²) in [7, 11) is 0. The van der Waals surface area contributed by atoms with Crippen LogP contribution >= 0.6 is 0 Å². The number of carbonyl (C=O) groups excluding carboxylic acids is 1. The van der Waals surface area contributed by atoms with Crippen molar-refractivity contribution in [1.29, 1.82) is 0 Å². The van der Waals surface area contributed by atoms with Gasteiger partial charge < -0.3 is 5.32 Å². The summed E-state index contributed by atoms with van der Waals surface area (Å²) in [5.74, 6) is 1.27. The number of rotatable bonds is 3. The summed E-state index contributed by atoms with van der Waals surface area (Å²) in [6.07, 6.45) is 8.83. The molecule has 17 heavy (non-hydrogen) atoms. The summed E-state index contributed by atoms with van der Waals surface area (Å²) >= 11 is 0. The van der Waals surface area contributed by atoms with Gasteiger partial charge in [0.05, 0.1) is 0 Å². The Morgan fingerprint density at radius 3 is 2.24 bits per heavy atom. The summed E-state index contributed by atoms with van der Waals surface area (Å²) in [5.41, 5.74) is 1.02. The van der Waals surface area contributed by atoms with Crippen molar-refractivity contribution in [2.45, 2.75) is 71.3 Å². The minimum atomic E-state index is 0.110. The average molecular weight is 235 g/mol. The third-order valence-corrected chi connectivity index (χ3v) is 5.14. The predicted octanol–water partition coefficient (Wildman–Crippen LogP) is 3.26. The Morgan fingerprint density at radius 1 is 1.24 bits per heavy atom. The van der Waals surface area contributed by atoms with E-state index in [4.69, 9.17) is 0 Å². The fourth-order valence-corrected chi connectivity index (χ4v) is 4.27. The van der Waals surface area contributed by atoms with Gasteiger partial charge >= 0.3 is 0 Å². The van der Waals surface area contributed by atoms with Crippen molar-refractivity contribution in [1.82, 2.24) is 5.32 Å². The molecule has 4 rings (SSSR count). The van der Waals surface area contributed by atoms with Gasteiger partial charge in [-0.05, 0) is 48.9 Å². The molecule has 96 valence electrons. The van der Waals surface area contributed by atoms with E-state index >= 15 is 0 Å². The smallest absolute Gasteiger partial charge is 0.220 e. The van der Waals surface area contributed by atoms with Crippen LogP contribution in [-0.4, -0.2) is 11.4 Å². The molecule has 4 aliphatic rings. The normalized spacial score (nSPS) is 39.9. The second kappa shape index (κ2) is 3.27. The lowest BCUT2D eigenvalue weighted by molar-refractivity contribution is -0.208. The topological polar surface area (TPSA) is 29.1 Å². The van der Waals surface area contributed by atoms with E-state index in [1.807, 2.05) is 0 Å². The quantitative estimate of drug-likeness (QED) is 0.799. The van der Waals surface area contributed by atoms with Gasteiger partial charge in [-0.3, -0.25) is 4.79 Å². The predicted molar refractivity (Wildman–Crippen MR) is 68.6 cm³/mol. The molecule has 2 nitrogen and oxygen atoms in total. The number of carbonyl (C=O) groups is 1. The first-order valence-electron chi connectivity index (χ1n) is 7.14. The Morgan fingerprint density at radius 2 is 1.82 bits per heavy atom. The molecule has 2 bridgehead atoms. The monoisotopic (exact) mass is 235 g/mol. The van der Waals surface area contributed by atoms with E-state index in [1.165, 1.54) is 38.5 Å². The van der Waals surface area contributed by atoms with Crippen molar-refractivity contribution in [2.75, 3.05) is 0 Å². The molecule has 0 aromatic carbocycles. The minimum Gasteiger partial charge on any atom is -0.351 e. The summed E-state index contributed by atoms with van der Waals surface area (Å²) in [6.45, 7) is 6.39. The van der Waals surface area contributed by atoms with Crippen LogP contribution in [0.3, 0.4) is 0 Å². The van der Waals surface area contributed by atoms with Crippen molar-refractivity contribution in [3.05, 3.63) is 0 Å². The summed E-state index contributed by atoms with van der Waals surface area (Å²) < 4.78 is 0. The van der Waals surface area contributed by atoms with Crippen molar-refractivity contribution in [3.8, 4) is 0 Å². The number of hydrogen-bond donors (Lipinski definition) is 1. The third kappa shape index (κ3) is 1.80. The molecule has 0 radical (unpaired) electrons. The molecule has 0 aliphatic heterocycles. The van der Waals surface area contributed by atoms with E-state index in [0.29, 0.717) is 11.8 Å². The fourth-order valence-electron chi connectivity index (χ4n) is 4.27. The zero-order chi connectivity index (χ0) is 12.3. The van der Waals surface area contributed by atoms with Crippen LogP contribution in [0.4, 0.5) is 0 Å². The second-order valence-corrected chi connectivity index (χ2v) is 8.09. The van der Waals surface area contributed by atoms with Crippen LogP contribution in [0.2, 0.25) is 0 Å². The van der Waals surface area contributed by atoms with E-state index < -0.39 is 0 Å². The molecule has 0 aromatic rings. The SMILES string of the molecule is CC(C)(C)CC(=O)NC12CC(C3CCC3)(C1)C2. The van der Waals surface area contributed by atoms with E-state index in [0.717, 1.165) is 5.92 Å². The third-order valence-electron chi connectivity index (χ3n) is 5.14. The zero-order valence-electron chi connectivity index (χ0n) is 11.4. The standard InChI is InChI=1S/C15H25NO/c1-13(2,3)7-12(17)16-15-8-14(9-15,10-15)11-5-4-6-11/h11H,4-10H2,1-3H3,(H,16,17). The first-order valence-corrected chi connectivity index (χ1v) is 7.14. The van der Waals surface area contributed by atoms with Crippen LogP contribution in [0.25, 0.3) is 0 Å². The Labute approximate surface area is 105 Å². The van der Waals surface area contributed by atoms with Gasteiger partial charge in [-0.25, -0.2) is 0 Å². The minimum absolute atomic E-state index is 0.110. The van der Waals surface area contributed by atoms with Gasteiger partial charge in [0.25, 0.3) is 0 Å². The summed E-state index contributed by atoms with van der Waals surface area (Å²) in [5, 5.41) is 3.30. The molecule has 4 fully saturated rings. The average Bonchev–Trinajstić information content (AvgIpc) is 1.89. The summed E-state index contributed by atoms with van der Waals surface area (Å²) in [4.78, 5) is 11.9. The molecule has 0 heterocycles. The fraction of sp³-hybridized carbons (Fsp3) is 0.933. The molecule has 4 saturated carbocycles. The molecule has 0 saturated heterocycles. The van der Waals surface area contributed by atoms with Crippen molar-refractivity contribution < 1.29 is 4.79 Å². The zero-order valence-corrected chi connectivity index (χ0v) is 11.4. The molecule has 1 N–H and O–H groups in total. The maximum atomic E-state index is 11.9. The highest BCUT2D eigenvalue weighted by Crippen LogP contribution is 2.73. The van der Waals surface area contributed by atoms with Crippen LogP contribution in [0.15, 0.2) is 0 Å². The molecule has 4 aliphatic carbocycles. The summed E-state index contributed by atoms with van der Waals surface area (Å²) in [6, 6.07) is 0. The molecular formula is C15H25NO. The number of amides is 1. The molecule has 0 atom stereocenters. The molecule has 1 amide bonds. The maximum absolute atomic E-state index is 11.9. The maximum Gasteiger partial charge on any atom is 0.220 e. The van der Waals surface area contributed by atoms with Crippen LogP contribution in [0.5, 0.6) is 0 Å². The molecule has 0 unspecified atom stereocenters. The van der Waals surface area contributed by atoms with Crippen molar-refractivity contribution in [2.24, 2.45) is 16.7 Å². The van der Waals surface area contributed by atoms with E-state index in [2.05, 4.69) is 26.1 Å². The van der Waals surface area contributed by atoms with Gasteiger partial charge in [0, 0.05) is 12.0 Å². The Bertz CT molecular complexity index is 329. The van der Waals surface area contributed by atoms with Crippen LogP contribution in [0.1, 0.15) is 65.7 Å². The second-order valence-electron chi connectivity index (χ2n) is 8.09. The van der Waals surface area contributed by atoms with Gasteiger partial charge in [-0.2, -0.15) is 0 Å². The van der Waals surface area contributed by atoms with Gasteiger partial charge in [0.1, 0.15) is 0 Å². The molecule has 2 heteroatoms. The van der Waals surface area contributed by atoms with Crippen molar-refractivity contribution in [3.63, 3.8) is 0 Å². The van der Waals surface area contributed by atoms with Crippen molar-refractivity contribution >= 4 is 5.91 Å². The Balaban J connectivity index is 1.48. The lowest BCUT2D eigenvalue weighted by Crippen LogP contribution is -2.77. The molecular weight excluding hydrogens is 210 g/mol. The van der Waals surface area contributed by atoms with Crippen LogP contribution in [0, 0.1) is 16.7 Å². The van der Waals surface area contributed by atoms with Gasteiger partial charge in [0.15, 0.2) is 0 Å². The van der Waals surface area contributed by atoms with Crippen LogP contribution in [-0.2, 0) is 4.79 Å². The Kier molecular flexibility index (Phi) is 2.22. The highest BCUT2D eigenvalue weighted by Gasteiger charge is 2.71. The van der Waals surface area contributed by atoms with Gasteiger partial charge in [-0.1, -0.05) is 27.2 Å². The number of nitrogens with one attached hydrogen (secondary N) is 1. The number of hydrogen-bond acceptors (Lipinski definition) is 1. The lowest BCUT2D eigenvalue weighted by atomic mass is 9.33. The first-order chi connectivity index (χ1) is 7.83. The van der Waals surface area contributed by atoms with Crippen LogP contribution < -0.4 is 5.32 Å². The van der Waals surface area contributed by atoms with E-state index in [1.54, 1.807) is 0 Å². The first kappa shape index (κ1) is 11.6.